The number of aromatic nitrogens is 2. The highest BCUT2D eigenvalue weighted by atomic mass is 16.5. The van der Waals surface area contributed by atoms with Gasteiger partial charge in [0.15, 0.2) is 0 Å². The molecular weight excluding hydrogens is 250 g/mol. The third kappa shape index (κ3) is 2.06. The van der Waals surface area contributed by atoms with Crippen LogP contribution in [0.3, 0.4) is 0 Å². The van der Waals surface area contributed by atoms with E-state index in [1.54, 1.807) is 24.5 Å². The van der Waals surface area contributed by atoms with E-state index < -0.39 is 0 Å². The second-order valence-corrected chi connectivity index (χ2v) is 4.39. The smallest absolute Gasteiger partial charge is 0.142 e. The summed E-state index contributed by atoms with van der Waals surface area (Å²) in [6.07, 6.45) is 3.47. The van der Waals surface area contributed by atoms with Gasteiger partial charge in [0.25, 0.3) is 0 Å². The van der Waals surface area contributed by atoms with Gasteiger partial charge in [-0.05, 0) is 36.8 Å². The fourth-order valence-electron chi connectivity index (χ4n) is 2.12. The van der Waals surface area contributed by atoms with Gasteiger partial charge in [-0.3, -0.25) is 4.98 Å². The van der Waals surface area contributed by atoms with Crippen molar-refractivity contribution >= 4 is 0 Å². The van der Waals surface area contributed by atoms with Crippen molar-refractivity contribution in [2.24, 2.45) is 0 Å². The zero-order valence-corrected chi connectivity index (χ0v) is 10.9. The lowest BCUT2D eigenvalue weighted by Crippen LogP contribution is -1.85. The molecule has 96 valence electrons. The lowest BCUT2D eigenvalue weighted by molar-refractivity contribution is 0.400. The molecule has 0 N–H and O–H groups in total. The molecular formula is C16H11N3O. The zero-order chi connectivity index (χ0) is 13.9. The van der Waals surface area contributed by atoms with Gasteiger partial charge >= 0.3 is 0 Å². The van der Waals surface area contributed by atoms with Crippen molar-refractivity contribution in [3.63, 3.8) is 0 Å². The van der Waals surface area contributed by atoms with Gasteiger partial charge in [-0.15, -0.1) is 0 Å². The number of benzene rings is 1. The van der Waals surface area contributed by atoms with E-state index in [-0.39, 0.29) is 0 Å². The van der Waals surface area contributed by atoms with E-state index in [0.717, 1.165) is 28.1 Å². The molecule has 0 aliphatic carbocycles. The molecule has 0 aliphatic rings. The van der Waals surface area contributed by atoms with Crippen LogP contribution < -0.4 is 0 Å². The molecule has 0 aliphatic heterocycles. The Hall–Kier alpha value is -2.93. The van der Waals surface area contributed by atoms with E-state index in [0.29, 0.717) is 5.56 Å². The molecule has 0 fully saturated rings. The summed E-state index contributed by atoms with van der Waals surface area (Å²) in [4.78, 5) is 4.11. The molecule has 3 aromatic rings. The van der Waals surface area contributed by atoms with Crippen molar-refractivity contribution < 1.29 is 4.52 Å². The molecule has 20 heavy (non-hydrogen) atoms. The van der Waals surface area contributed by atoms with E-state index in [4.69, 9.17) is 9.78 Å². The van der Waals surface area contributed by atoms with Crippen LogP contribution in [0.15, 0.2) is 53.3 Å². The fraction of sp³-hybridized carbons (Fsp3) is 0.0625. The Morgan fingerprint density at radius 3 is 2.55 bits per heavy atom. The minimum atomic E-state index is 0.630. The second-order valence-electron chi connectivity index (χ2n) is 4.39. The van der Waals surface area contributed by atoms with Crippen molar-refractivity contribution in [3.05, 3.63) is 60.1 Å². The molecule has 0 spiro atoms. The number of hydrogen-bond donors (Lipinski definition) is 0. The molecule has 1 aromatic carbocycles. The predicted molar refractivity (Wildman–Crippen MR) is 74.6 cm³/mol. The van der Waals surface area contributed by atoms with Gasteiger partial charge in [0, 0.05) is 18.0 Å². The summed E-state index contributed by atoms with van der Waals surface area (Å²) in [5, 5.41) is 13.0. The Kier molecular flexibility index (Phi) is 3.02. The third-order valence-electron chi connectivity index (χ3n) is 3.10. The maximum atomic E-state index is 8.86. The lowest BCUT2D eigenvalue weighted by atomic mass is 9.99. The fourth-order valence-corrected chi connectivity index (χ4v) is 2.12. The Morgan fingerprint density at radius 2 is 1.90 bits per heavy atom. The summed E-state index contributed by atoms with van der Waals surface area (Å²) >= 11 is 0. The van der Waals surface area contributed by atoms with Crippen molar-refractivity contribution in [1.82, 2.24) is 10.1 Å². The molecule has 3 rings (SSSR count). The van der Waals surface area contributed by atoms with Gasteiger partial charge in [-0.1, -0.05) is 17.3 Å². The summed E-state index contributed by atoms with van der Waals surface area (Å²) < 4.78 is 5.32. The number of nitriles is 1. The lowest BCUT2D eigenvalue weighted by Gasteiger charge is -2.02. The molecule has 4 heteroatoms. The van der Waals surface area contributed by atoms with Gasteiger partial charge < -0.3 is 4.52 Å². The first-order chi connectivity index (χ1) is 9.79. The summed E-state index contributed by atoms with van der Waals surface area (Å²) in [7, 11) is 0. The normalized spacial score (nSPS) is 10.2. The Bertz CT molecular complexity index is 768. The zero-order valence-electron chi connectivity index (χ0n) is 10.9. The van der Waals surface area contributed by atoms with Crippen LogP contribution in [-0.2, 0) is 0 Å². The third-order valence-corrected chi connectivity index (χ3v) is 3.10. The molecule has 0 amide bonds. The Morgan fingerprint density at radius 1 is 1.10 bits per heavy atom. The van der Waals surface area contributed by atoms with Crippen LogP contribution in [-0.4, -0.2) is 10.1 Å². The summed E-state index contributed by atoms with van der Waals surface area (Å²) in [6.45, 7) is 1.88. The van der Waals surface area contributed by atoms with Gasteiger partial charge in [-0.2, -0.15) is 5.26 Å². The average Bonchev–Trinajstić information content (AvgIpc) is 2.90. The first-order valence-corrected chi connectivity index (χ1v) is 6.17. The average molecular weight is 261 g/mol. The van der Waals surface area contributed by atoms with E-state index in [1.165, 1.54) is 0 Å². The SMILES string of the molecule is Cc1onc(-c2cccnc2)c1-c1ccc(C#N)cc1. The predicted octanol–water partition coefficient (Wildman–Crippen LogP) is 3.58. The monoisotopic (exact) mass is 261 g/mol. The number of aryl methyl sites for hydroxylation is 1. The van der Waals surface area contributed by atoms with Crippen LogP contribution in [0.1, 0.15) is 11.3 Å². The van der Waals surface area contributed by atoms with Crippen LogP contribution in [0.2, 0.25) is 0 Å². The first kappa shape index (κ1) is 12.1. The Balaban J connectivity index is 2.14. The van der Waals surface area contributed by atoms with E-state index in [2.05, 4.69) is 16.2 Å². The molecule has 0 radical (unpaired) electrons. The molecule has 0 saturated heterocycles. The quantitative estimate of drug-likeness (QED) is 0.707. The molecule has 0 saturated carbocycles. The minimum Gasteiger partial charge on any atom is -0.360 e. The topological polar surface area (TPSA) is 62.7 Å². The highest BCUT2D eigenvalue weighted by Gasteiger charge is 2.16. The maximum Gasteiger partial charge on any atom is 0.142 e. The van der Waals surface area contributed by atoms with Crippen LogP contribution in [0.4, 0.5) is 0 Å². The van der Waals surface area contributed by atoms with E-state index in [9.17, 15) is 0 Å². The summed E-state index contributed by atoms with van der Waals surface area (Å²) in [5.41, 5.74) is 4.21. The Labute approximate surface area is 116 Å². The van der Waals surface area contributed by atoms with Crippen molar-refractivity contribution in [2.75, 3.05) is 0 Å². The maximum absolute atomic E-state index is 8.86. The van der Waals surface area contributed by atoms with Crippen molar-refractivity contribution in [2.45, 2.75) is 6.92 Å². The van der Waals surface area contributed by atoms with E-state index >= 15 is 0 Å². The highest BCUT2D eigenvalue weighted by Crippen LogP contribution is 2.33. The first-order valence-electron chi connectivity index (χ1n) is 6.17. The summed E-state index contributed by atoms with van der Waals surface area (Å²) in [5.74, 6) is 0.744. The van der Waals surface area contributed by atoms with Crippen molar-refractivity contribution in [1.29, 1.82) is 5.26 Å². The molecule has 4 nitrogen and oxygen atoms in total. The largest absolute Gasteiger partial charge is 0.360 e. The number of nitrogens with zero attached hydrogens (tertiary/aromatic N) is 3. The van der Waals surface area contributed by atoms with Crippen LogP contribution in [0.5, 0.6) is 0 Å². The molecule has 0 bridgehead atoms. The molecule has 0 unspecified atom stereocenters. The van der Waals surface area contributed by atoms with Gasteiger partial charge in [0.2, 0.25) is 0 Å². The standard InChI is InChI=1S/C16H11N3O/c1-11-15(13-6-4-12(9-17)5-7-13)16(19-20-11)14-3-2-8-18-10-14/h2-8,10H,1H3. The highest BCUT2D eigenvalue weighted by molar-refractivity contribution is 5.81. The van der Waals surface area contributed by atoms with Crippen LogP contribution >= 0.6 is 0 Å². The van der Waals surface area contributed by atoms with Crippen LogP contribution in [0.25, 0.3) is 22.4 Å². The van der Waals surface area contributed by atoms with E-state index in [1.807, 2.05) is 31.2 Å². The summed E-state index contributed by atoms with van der Waals surface area (Å²) in [6, 6.07) is 13.3. The number of hydrogen-bond acceptors (Lipinski definition) is 4. The molecule has 2 aromatic heterocycles. The van der Waals surface area contributed by atoms with Gasteiger partial charge in [0.1, 0.15) is 11.5 Å². The minimum absolute atomic E-state index is 0.630. The van der Waals surface area contributed by atoms with Crippen LogP contribution in [0, 0.1) is 18.3 Å². The van der Waals surface area contributed by atoms with Gasteiger partial charge in [0.05, 0.1) is 17.2 Å². The van der Waals surface area contributed by atoms with Gasteiger partial charge in [-0.25, -0.2) is 0 Å². The molecule has 2 heterocycles. The number of pyridine rings is 1. The van der Waals surface area contributed by atoms with Crippen molar-refractivity contribution in [3.8, 4) is 28.5 Å². The molecule has 0 atom stereocenters. The second kappa shape index (κ2) is 4.98. The number of rotatable bonds is 2.